The van der Waals surface area contributed by atoms with Gasteiger partial charge in [0.25, 0.3) is 5.91 Å². The van der Waals surface area contributed by atoms with Crippen LogP contribution in [0, 0.1) is 23.0 Å². The minimum atomic E-state index is -0.987. The molecule has 5 rings (SSSR count). The maximum atomic E-state index is 15.4. The summed E-state index contributed by atoms with van der Waals surface area (Å²) in [7, 11) is 0. The van der Waals surface area contributed by atoms with Crippen LogP contribution < -0.4 is 5.73 Å². The molecule has 2 aliphatic heterocycles. The zero-order valence-electron chi connectivity index (χ0n) is 21.5. The summed E-state index contributed by atoms with van der Waals surface area (Å²) in [5, 5.41) is 19.3. The number of carbonyl (C=O) groups is 1. The fourth-order valence-corrected chi connectivity index (χ4v) is 6.01. The Kier molecular flexibility index (Phi) is 6.81. The van der Waals surface area contributed by atoms with Gasteiger partial charge >= 0.3 is 0 Å². The molecule has 2 heterocycles. The average Bonchev–Trinajstić information content (AvgIpc) is 3.13. The summed E-state index contributed by atoms with van der Waals surface area (Å²) < 4.78 is 30.1. The van der Waals surface area contributed by atoms with Crippen molar-refractivity contribution in [1.29, 1.82) is 5.26 Å². The van der Waals surface area contributed by atoms with E-state index in [0.717, 1.165) is 25.7 Å². The summed E-state index contributed by atoms with van der Waals surface area (Å²) >= 11 is 0. The van der Waals surface area contributed by atoms with Gasteiger partial charge in [0.2, 0.25) is 0 Å². The van der Waals surface area contributed by atoms with Gasteiger partial charge in [-0.2, -0.15) is 5.26 Å². The van der Waals surface area contributed by atoms with Crippen molar-refractivity contribution in [1.82, 2.24) is 4.90 Å². The third kappa shape index (κ3) is 5.07. The lowest BCUT2D eigenvalue weighted by Gasteiger charge is -2.38. The number of rotatable bonds is 5. The molecule has 2 bridgehead atoms. The van der Waals surface area contributed by atoms with E-state index in [4.69, 9.17) is 5.73 Å². The molecule has 3 N–H and O–H groups in total. The van der Waals surface area contributed by atoms with Gasteiger partial charge in [-0.3, -0.25) is 4.79 Å². The van der Waals surface area contributed by atoms with Crippen LogP contribution in [0.1, 0.15) is 61.0 Å². The number of fused-ring (bicyclic) bond motifs is 2. The number of nitriles is 1. The van der Waals surface area contributed by atoms with Crippen LogP contribution in [0.25, 0.3) is 22.3 Å². The van der Waals surface area contributed by atoms with Crippen molar-refractivity contribution >= 4 is 5.91 Å². The number of nitrogens with two attached hydrogens (primary N) is 1. The van der Waals surface area contributed by atoms with E-state index in [9.17, 15) is 19.6 Å². The van der Waals surface area contributed by atoms with Crippen LogP contribution in [0.15, 0.2) is 54.6 Å². The summed E-state index contributed by atoms with van der Waals surface area (Å²) in [5.74, 6) is -1.27. The first kappa shape index (κ1) is 26.0. The van der Waals surface area contributed by atoms with Gasteiger partial charge in [-0.25, -0.2) is 8.78 Å². The molecular formula is C31H31F2N3O2. The maximum Gasteiger partial charge on any atom is 0.254 e. The number of hydrogen-bond donors (Lipinski definition) is 2. The Morgan fingerprint density at radius 2 is 1.68 bits per heavy atom. The molecule has 7 heteroatoms. The molecule has 2 saturated heterocycles. The van der Waals surface area contributed by atoms with E-state index in [2.05, 4.69) is 0 Å². The Labute approximate surface area is 221 Å². The quantitative estimate of drug-likeness (QED) is 0.464. The Morgan fingerprint density at radius 3 is 2.29 bits per heavy atom. The van der Waals surface area contributed by atoms with Crippen molar-refractivity contribution < 1.29 is 18.7 Å². The molecule has 3 aromatic carbocycles. The van der Waals surface area contributed by atoms with Crippen molar-refractivity contribution in [3.63, 3.8) is 0 Å². The summed E-state index contributed by atoms with van der Waals surface area (Å²) in [6.07, 6.45) is 3.69. The largest absolute Gasteiger partial charge is 0.390 e. The number of nitrogens with zero attached hydrogens (tertiary/aromatic N) is 2. The highest BCUT2D eigenvalue weighted by molar-refractivity contribution is 5.98. The van der Waals surface area contributed by atoms with Crippen molar-refractivity contribution in [3.8, 4) is 28.3 Å². The number of carbonyl (C=O) groups excluding carboxylic acids is 1. The fraction of sp³-hybridized carbons (Fsp3) is 0.355. The predicted molar refractivity (Wildman–Crippen MR) is 142 cm³/mol. The van der Waals surface area contributed by atoms with Crippen LogP contribution in [-0.2, 0) is 6.42 Å². The second-order valence-corrected chi connectivity index (χ2v) is 11.2. The summed E-state index contributed by atoms with van der Waals surface area (Å²) in [6.45, 7) is 3.32. The Bertz CT molecular complexity index is 1430. The minimum absolute atomic E-state index is 0.0917. The van der Waals surface area contributed by atoms with Crippen molar-refractivity contribution in [3.05, 3.63) is 82.9 Å². The van der Waals surface area contributed by atoms with Crippen LogP contribution in [-0.4, -0.2) is 39.6 Å². The lowest BCUT2D eigenvalue weighted by atomic mass is 9.90. The molecule has 0 saturated carbocycles. The highest BCUT2D eigenvalue weighted by atomic mass is 19.1. The molecule has 3 atom stereocenters. The van der Waals surface area contributed by atoms with Crippen LogP contribution >= 0.6 is 0 Å². The SMILES string of the molecule is CC(C)(O)Cc1ccc(-c2ccc(C(=O)N3[C@@H]4CC[C@H]3C[C@H](N)C4)cc2-c2ccc(C#N)c(F)c2)c(F)c1. The maximum absolute atomic E-state index is 15.4. The van der Waals surface area contributed by atoms with Crippen molar-refractivity contribution in [2.75, 3.05) is 0 Å². The first-order valence-electron chi connectivity index (χ1n) is 13.0. The van der Waals surface area contributed by atoms with Gasteiger partial charge in [0.1, 0.15) is 17.7 Å². The Hall–Kier alpha value is -3.60. The standard InChI is InChI=1S/C31H31F2N3O2/c1-31(2,38)16-18-3-9-26(29(33)11-18)25-10-6-20(12-27(25)19-4-5-21(17-34)28(32)13-19)30(37)36-23-7-8-24(36)15-22(35)14-23/h3-6,9-13,22-24,38H,7-8,14-16,35H2,1-2H3/t22-,23-,24+. The molecule has 1 amide bonds. The number of aliphatic hydroxyl groups is 1. The molecule has 0 aromatic heterocycles. The lowest BCUT2D eigenvalue weighted by molar-refractivity contribution is 0.0575. The highest BCUT2D eigenvalue weighted by Crippen LogP contribution is 2.39. The minimum Gasteiger partial charge on any atom is -0.390 e. The van der Waals surface area contributed by atoms with Gasteiger partial charge in [-0.05, 0) is 92.1 Å². The van der Waals surface area contributed by atoms with E-state index in [1.807, 2.05) is 11.0 Å². The van der Waals surface area contributed by atoms with Crippen LogP contribution in [0.4, 0.5) is 8.78 Å². The first-order valence-corrected chi connectivity index (χ1v) is 13.0. The Morgan fingerprint density at radius 1 is 1.00 bits per heavy atom. The number of amides is 1. The van der Waals surface area contributed by atoms with Gasteiger partial charge in [-0.15, -0.1) is 0 Å². The fourth-order valence-electron chi connectivity index (χ4n) is 6.01. The van der Waals surface area contributed by atoms with E-state index in [1.165, 1.54) is 18.2 Å². The van der Waals surface area contributed by atoms with Crippen LogP contribution in [0.3, 0.4) is 0 Å². The predicted octanol–water partition coefficient (Wildman–Crippen LogP) is 5.58. The summed E-state index contributed by atoms with van der Waals surface area (Å²) in [4.78, 5) is 15.6. The lowest BCUT2D eigenvalue weighted by Crippen LogP contribution is -2.50. The smallest absolute Gasteiger partial charge is 0.254 e. The first-order chi connectivity index (χ1) is 18.0. The Balaban J connectivity index is 1.59. The van der Waals surface area contributed by atoms with Gasteiger partial charge in [0, 0.05) is 35.7 Å². The molecule has 0 radical (unpaired) electrons. The topological polar surface area (TPSA) is 90.3 Å². The summed E-state index contributed by atoms with van der Waals surface area (Å²) in [6, 6.07) is 16.2. The molecule has 0 unspecified atom stereocenters. The number of piperidine rings is 1. The van der Waals surface area contributed by atoms with Gasteiger partial charge < -0.3 is 15.7 Å². The third-order valence-electron chi connectivity index (χ3n) is 7.63. The van der Waals surface area contributed by atoms with Crippen LogP contribution in [0.2, 0.25) is 0 Å². The van der Waals surface area contributed by atoms with Crippen LogP contribution in [0.5, 0.6) is 0 Å². The van der Waals surface area contributed by atoms with E-state index in [1.54, 1.807) is 50.2 Å². The second kappa shape index (κ2) is 9.94. The zero-order valence-corrected chi connectivity index (χ0v) is 21.5. The molecule has 38 heavy (non-hydrogen) atoms. The van der Waals surface area contributed by atoms with E-state index in [0.29, 0.717) is 33.4 Å². The zero-order chi connectivity index (χ0) is 27.2. The van der Waals surface area contributed by atoms with Gasteiger partial charge in [0.05, 0.1) is 11.2 Å². The monoisotopic (exact) mass is 515 g/mol. The third-order valence-corrected chi connectivity index (χ3v) is 7.63. The normalized spacial score (nSPS) is 20.9. The van der Waals surface area contributed by atoms with E-state index < -0.39 is 17.2 Å². The number of benzene rings is 3. The molecule has 196 valence electrons. The van der Waals surface area contributed by atoms with Crippen molar-refractivity contribution in [2.24, 2.45) is 5.73 Å². The molecule has 0 aliphatic carbocycles. The molecule has 0 spiro atoms. The van der Waals surface area contributed by atoms with E-state index in [-0.39, 0.29) is 36.0 Å². The molecule has 5 nitrogen and oxygen atoms in total. The molecular weight excluding hydrogens is 484 g/mol. The van der Waals surface area contributed by atoms with Crippen molar-refractivity contribution in [2.45, 2.75) is 69.7 Å². The highest BCUT2D eigenvalue weighted by Gasteiger charge is 2.42. The number of hydrogen-bond acceptors (Lipinski definition) is 4. The number of halogens is 2. The second-order valence-electron chi connectivity index (χ2n) is 11.2. The molecule has 2 fully saturated rings. The summed E-state index contributed by atoms with van der Waals surface area (Å²) in [5.41, 5.74) is 7.94. The van der Waals surface area contributed by atoms with Gasteiger partial charge in [-0.1, -0.05) is 24.3 Å². The average molecular weight is 516 g/mol. The van der Waals surface area contributed by atoms with E-state index >= 15 is 4.39 Å². The van der Waals surface area contributed by atoms with Gasteiger partial charge in [0.15, 0.2) is 0 Å². The molecule has 2 aliphatic rings. The molecule has 3 aromatic rings.